The number of pyridine rings is 1. The van der Waals surface area contributed by atoms with E-state index in [2.05, 4.69) is 20.3 Å². The lowest BCUT2D eigenvalue weighted by atomic mass is 10.2. The van der Waals surface area contributed by atoms with Gasteiger partial charge in [-0.05, 0) is 30.3 Å². The summed E-state index contributed by atoms with van der Waals surface area (Å²) in [7, 11) is 0. The zero-order chi connectivity index (χ0) is 20.9. The zero-order valence-corrected chi connectivity index (χ0v) is 14.8. The molecular weight excluding hydrogens is 389 g/mol. The van der Waals surface area contributed by atoms with Crippen molar-refractivity contribution in [3.8, 4) is 23.1 Å². The van der Waals surface area contributed by atoms with E-state index in [-0.39, 0.29) is 41.9 Å². The quantitative estimate of drug-likeness (QED) is 0.655. The Morgan fingerprint density at radius 1 is 1.10 bits per heavy atom. The summed E-state index contributed by atoms with van der Waals surface area (Å²) in [6.45, 7) is -0.155. The van der Waals surface area contributed by atoms with Crippen LogP contribution in [0.3, 0.4) is 0 Å². The summed E-state index contributed by atoms with van der Waals surface area (Å²) in [5.41, 5.74) is -0.813. The molecule has 0 aliphatic rings. The van der Waals surface area contributed by atoms with E-state index >= 15 is 0 Å². The third-order valence-electron chi connectivity index (χ3n) is 3.60. The van der Waals surface area contributed by atoms with Crippen LogP contribution < -0.4 is 10.1 Å². The number of halogens is 3. The second-order valence-corrected chi connectivity index (χ2v) is 5.74. The Labute approximate surface area is 163 Å². The third-order valence-corrected chi connectivity index (χ3v) is 3.60. The maximum Gasteiger partial charge on any atom is 0.433 e. The number of alkyl halides is 3. The molecule has 1 amide bonds. The van der Waals surface area contributed by atoms with Crippen LogP contribution in [0.2, 0.25) is 0 Å². The van der Waals surface area contributed by atoms with Gasteiger partial charge in [0.1, 0.15) is 11.4 Å². The zero-order valence-electron chi connectivity index (χ0n) is 14.8. The number of carbonyl (C=O) groups is 1. The van der Waals surface area contributed by atoms with Gasteiger partial charge in [0.2, 0.25) is 5.88 Å². The van der Waals surface area contributed by atoms with Crippen LogP contribution in [-0.2, 0) is 6.18 Å². The molecule has 0 saturated heterocycles. The molecule has 29 heavy (non-hydrogen) atoms. The minimum Gasteiger partial charge on any atom is -0.439 e. The van der Waals surface area contributed by atoms with Gasteiger partial charge in [0.15, 0.2) is 11.5 Å². The SMILES string of the molecule is O=C(NCCO)c1cccc(Oc2cc(C(F)(F)F)nc(-c3ccccn3)n2)c1. The average Bonchev–Trinajstić information content (AvgIpc) is 2.72. The lowest BCUT2D eigenvalue weighted by molar-refractivity contribution is -0.141. The van der Waals surface area contributed by atoms with Crippen LogP contribution in [0.1, 0.15) is 16.1 Å². The first-order valence-corrected chi connectivity index (χ1v) is 8.41. The maximum absolute atomic E-state index is 13.3. The number of ether oxygens (including phenoxy) is 1. The molecule has 3 rings (SSSR count). The summed E-state index contributed by atoms with van der Waals surface area (Å²) in [6.07, 6.45) is -3.30. The Morgan fingerprint density at radius 2 is 1.93 bits per heavy atom. The van der Waals surface area contributed by atoms with E-state index in [9.17, 15) is 18.0 Å². The third kappa shape index (κ3) is 5.26. The van der Waals surface area contributed by atoms with Gasteiger partial charge < -0.3 is 15.2 Å². The van der Waals surface area contributed by atoms with E-state index in [0.29, 0.717) is 6.07 Å². The van der Waals surface area contributed by atoms with E-state index in [1.807, 2.05) is 0 Å². The highest BCUT2D eigenvalue weighted by Crippen LogP contribution is 2.32. The lowest BCUT2D eigenvalue weighted by Crippen LogP contribution is -2.26. The van der Waals surface area contributed by atoms with Crippen molar-refractivity contribution in [1.29, 1.82) is 0 Å². The fourth-order valence-corrected chi connectivity index (χ4v) is 2.33. The van der Waals surface area contributed by atoms with E-state index < -0.39 is 17.8 Å². The van der Waals surface area contributed by atoms with Gasteiger partial charge in [-0.15, -0.1) is 0 Å². The molecule has 2 aromatic heterocycles. The Morgan fingerprint density at radius 3 is 2.62 bits per heavy atom. The maximum atomic E-state index is 13.3. The van der Waals surface area contributed by atoms with Gasteiger partial charge in [-0.1, -0.05) is 12.1 Å². The van der Waals surface area contributed by atoms with Crippen LogP contribution in [0, 0.1) is 0 Å². The number of hydrogen-bond acceptors (Lipinski definition) is 6. The number of aliphatic hydroxyl groups is 1. The summed E-state index contributed by atoms with van der Waals surface area (Å²) in [5, 5.41) is 11.2. The number of rotatable bonds is 6. The van der Waals surface area contributed by atoms with Gasteiger partial charge in [0, 0.05) is 24.4 Å². The first-order chi connectivity index (χ1) is 13.9. The van der Waals surface area contributed by atoms with Gasteiger partial charge >= 0.3 is 6.18 Å². The van der Waals surface area contributed by atoms with Gasteiger partial charge in [0.05, 0.1) is 6.61 Å². The van der Waals surface area contributed by atoms with Crippen LogP contribution in [0.5, 0.6) is 11.6 Å². The molecule has 2 heterocycles. The Bertz CT molecular complexity index is 997. The highest BCUT2D eigenvalue weighted by molar-refractivity contribution is 5.94. The highest BCUT2D eigenvalue weighted by Gasteiger charge is 2.34. The molecule has 0 atom stereocenters. The van der Waals surface area contributed by atoms with E-state index in [1.54, 1.807) is 12.1 Å². The van der Waals surface area contributed by atoms with Gasteiger partial charge in [-0.25, -0.2) is 4.98 Å². The molecule has 0 saturated carbocycles. The Balaban J connectivity index is 1.94. The fraction of sp³-hybridized carbons (Fsp3) is 0.158. The lowest BCUT2D eigenvalue weighted by Gasteiger charge is -2.11. The van der Waals surface area contributed by atoms with Crippen molar-refractivity contribution in [3.63, 3.8) is 0 Å². The topological polar surface area (TPSA) is 97.2 Å². The normalized spacial score (nSPS) is 11.2. The molecule has 2 N–H and O–H groups in total. The van der Waals surface area contributed by atoms with Crippen molar-refractivity contribution in [2.75, 3.05) is 13.2 Å². The minimum absolute atomic E-state index is 0.0677. The monoisotopic (exact) mass is 404 g/mol. The standard InChI is InChI=1S/C19H15F3N4O3/c20-19(21,22)15-11-16(26-17(25-15)14-6-1-2-7-23-14)29-13-5-3-4-12(10-13)18(28)24-8-9-27/h1-7,10-11,27H,8-9H2,(H,24,28). The molecule has 0 aliphatic carbocycles. The smallest absolute Gasteiger partial charge is 0.433 e. The molecule has 0 spiro atoms. The molecule has 0 aliphatic heterocycles. The predicted octanol–water partition coefficient (Wildman–Crippen LogP) is 3.07. The summed E-state index contributed by atoms with van der Waals surface area (Å²) in [6, 6.07) is 11.2. The fourth-order valence-electron chi connectivity index (χ4n) is 2.33. The van der Waals surface area contributed by atoms with Crippen LogP contribution in [0.25, 0.3) is 11.5 Å². The first-order valence-electron chi connectivity index (χ1n) is 8.41. The van der Waals surface area contributed by atoms with Crippen molar-refractivity contribution in [3.05, 3.63) is 66.0 Å². The second kappa shape index (κ2) is 8.65. The molecule has 0 fully saturated rings. The van der Waals surface area contributed by atoms with Crippen molar-refractivity contribution in [2.24, 2.45) is 0 Å². The molecule has 1 aromatic carbocycles. The van der Waals surface area contributed by atoms with Gasteiger partial charge in [-0.2, -0.15) is 18.2 Å². The van der Waals surface area contributed by atoms with E-state index in [4.69, 9.17) is 9.84 Å². The first kappa shape index (κ1) is 20.2. The Hall–Kier alpha value is -3.53. The Kier molecular flexibility index (Phi) is 6.03. The second-order valence-electron chi connectivity index (χ2n) is 5.74. The average molecular weight is 404 g/mol. The minimum atomic E-state index is -4.71. The van der Waals surface area contributed by atoms with Crippen LogP contribution >= 0.6 is 0 Å². The largest absolute Gasteiger partial charge is 0.439 e. The molecular formula is C19H15F3N4O3. The number of nitrogens with zero attached hydrogens (tertiary/aromatic N) is 3. The van der Waals surface area contributed by atoms with Crippen molar-refractivity contribution in [1.82, 2.24) is 20.3 Å². The molecule has 7 nitrogen and oxygen atoms in total. The van der Waals surface area contributed by atoms with Crippen LogP contribution in [0.4, 0.5) is 13.2 Å². The van der Waals surface area contributed by atoms with Gasteiger partial charge in [-0.3, -0.25) is 9.78 Å². The number of carbonyl (C=O) groups excluding carboxylic acids is 1. The molecule has 0 unspecified atom stereocenters. The number of aromatic nitrogens is 3. The highest BCUT2D eigenvalue weighted by atomic mass is 19.4. The number of aliphatic hydroxyl groups excluding tert-OH is 1. The summed E-state index contributed by atoms with van der Waals surface area (Å²) < 4.78 is 45.2. The summed E-state index contributed by atoms with van der Waals surface area (Å²) in [5.74, 6) is -0.939. The molecule has 0 radical (unpaired) electrons. The van der Waals surface area contributed by atoms with E-state index in [1.165, 1.54) is 36.5 Å². The molecule has 0 bridgehead atoms. The molecule has 10 heteroatoms. The van der Waals surface area contributed by atoms with E-state index in [0.717, 1.165) is 0 Å². The summed E-state index contributed by atoms with van der Waals surface area (Å²) >= 11 is 0. The molecule has 3 aromatic rings. The number of nitrogens with one attached hydrogen (secondary N) is 1. The van der Waals surface area contributed by atoms with Crippen molar-refractivity contribution < 1.29 is 27.8 Å². The number of benzene rings is 1. The van der Waals surface area contributed by atoms with Crippen LogP contribution in [0.15, 0.2) is 54.7 Å². The predicted molar refractivity (Wildman–Crippen MR) is 96.2 cm³/mol. The summed E-state index contributed by atoms with van der Waals surface area (Å²) in [4.78, 5) is 23.5. The van der Waals surface area contributed by atoms with Crippen molar-refractivity contribution in [2.45, 2.75) is 6.18 Å². The van der Waals surface area contributed by atoms with Crippen molar-refractivity contribution >= 4 is 5.91 Å². The number of amides is 1. The number of hydrogen-bond donors (Lipinski definition) is 2. The van der Waals surface area contributed by atoms with Crippen LogP contribution in [-0.4, -0.2) is 39.1 Å². The van der Waals surface area contributed by atoms with Gasteiger partial charge in [0.25, 0.3) is 5.91 Å². The molecule has 150 valence electrons.